The molecule has 0 atom stereocenters. The quantitative estimate of drug-likeness (QED) is 0.112. The van der Waals surface area contributed by atoms with Crippen molar-refractivity contribution in [3.05, 3.63) is 93.5 Å². The zero-order valence-electron chi connectivity index (χ0n) is 20.2. The van der Waals surface area contributed by atoms with Crippen LogP contribution < -0.4 is 20.2 Å². The second-order valence-corrected chi connectivity index (χ2v) is 7.70. The Balaban J connectivity index is 1.69. The van der Waals surface area contributed by atoms with Gasteiger partial charge in [0, 0.05) is 17.3 Å². The molecule has 39 heavy (non-hydrogen) atoms. The second-order valence-electron chi connectivity index (χ2n) is 7.70. The van der Waals surface area contributed by atoms with Crippen LogP contribution in [0.25, 0.3) is 0 Å². The number of benzene rings is 3. The van der Waals surface area contributed by atoms with E-state index in [1.54, 1.807) is 0 Å². The van der Waals surface area contributed by atoms with Gasteiger partial charge in [-0.05, 0) is 49.4 Å². The number of carbonyl (C=O) groups is 3. The number of nitrogens with zero attached hydrogens (tertiary/aromatic N) is 2. The maximum Gasteiger partial charge on any atom is 0.416 e. The van der Waals surface area contributed by atoms with Gasteiger partial charge in [0.15, 0.2) is 11.5 Å². The first kappa shape index (κ1) is 28.3. The van der Waals surface area contributed by atoms with Gasteiger partial charge in [0.2, 0.25) is 0 Å². The average molecular weight is 544 g/mol. The molecule has 0 radical (unpaired) electrons. The average Bonchev–Trinajstić information content (AvgIpc) is 2.91. The van der Waals surface area contributed by atoms with E-state index in [1.165, 1.54) is 56.5 Å². The Morgan fingerprint density at radius 1 is 0.949 bits per heavy atom. The molecule has 0 aliphatic heterocycles. The highest BCUT2D eigenvalue weighted by atomic mass is 19.4. The molecule has 0 spiro atoms. The first-order chi connectivity index (χ1) is 18.4. The van der Waals surface area contributed by atoms with Gasteiger partial charge in [-0.15, -0.1) is 0 Å². The normalized spacial score (nSPS) is 11.4. The molecule has 0 aliphatic carbocycles. The molecule has 0 aromatic heterocycles. The molecule has 0 heterocycles. The SMILES string of the molecule is COc1cc(C(C)=NNC(=O)C(=O)Nc2cccc(C(F)(F)F)c2)ccc1OC(=O)c1ccccc1[N+](=O)[O-]. The first-order valence-electron chi connectivity index (χ1n) is 10.9. The molecule has 2 amide bonds. The molecule has 0 saturated carbocycles. The summed E-state index contributed by atoms with van der Waals surface area (Å²) in [4.78, 5) is 47.1. The number of halogens is 3. The highest BCUT2D eigenvalue weighted by Gasteiger charge is 2.30. The second kappa shape index (κ2) is 11.9. The van der Waals surface area contributed by atoms with Crippen molar-refractivity contribution in [2.24, 2.45) is 5.10 Å². The van der Waals surface area contributed by atoms with Crippen LogP contribution in [0.1, 0.15) is 28.4 Å². The number of nitrogens with one attached hydrogen (secondary N) is 2. The summed E-state index contributed by atoms with van der Waals surface area (Å²) in [6, 6.07) is 13.2. The number of hydrazone groups is 1. The van der Waals surface area contributed by atoms with E-state index in [1.807, 2.05) is 5.43 Å². The van der Waals surface area contributed by atoms with Crippen LogP contribution in [-0.4, -0.2) is 35.5 Å². The van der Waals surface area contributed by atoms with E-state index >= 15 is 0 Å². The molecule has 0 aliphatic rings. The summed E-state index contributed by atoms with van der Waals surface area (Å²) >= 11 is 0. The van der Waals surface area contributed by atoms with Crippen LogP contribution in [0.5, 0.6) is 11.5 Å². The van der Waals surface area contributed by atoms with Crippen LogP contribution in [0.4, 0.5) is 24.5 Å². The fourth-order valence-electron chi connectivity index (χ4n) is 3.15. The summed E-state index contributed by atoms with van der Waals surface area (Å²) in [6.45, 7) is 1.47. The third-order valence-electron chi connectivity index (χ3n) is 5.08. The van der Waals surface area contributed by atoms with Gasteiger partial charge >= 0.3 is 24.0 Å². The minimum atomic E-state index is -4.63. The Kier molecular flexibility index (Phi) is 8.60. The van der Waals surface area contributed by atoms with Gasteiger partial charge in [0.25, 0.3) is 5.69 Å². The molecule has 0 unspecified atom stereocenters. The summed E-state index contributed by atoms with van der Waals surface area (Å²) in [7, 11) is 1.29. The first-order valence-corrected chi connectivity index (χ1v) is 10.9. The summed E-state index contributed by atoms with van der Waals surface area (Å²) in [5.74, 6) is -3.48. The summed E-state index contributed by atoms with van der Waals surface area (Å²) in [5.41, 5.74) is 0.612. The largest absolute Gasteiger partial charge is 0.493 e. The molecule has 14 heteroatoms. The van der Waals surface area contributed by atoms with Gasteiger partial charge in [-0.1, -0.05) is 18.2 Å². The molecule has 0 saturated heterocycles. The van der Waals surface area contributed by atoms with Crippen LogP contribution in [0, 0.1) is 10.1 Å². The van der Waals surface area contributed by atoms with Gasteiger partial charge in [-0.2, -0.15) is 18.3 Å². The Bertz CT molecular complexity index is 1470. The van der Waals surface area contributed by atoms with Gasteiger partial charge in [-0.25, -0.2) is 10.2 Å². The highest BCUT2D eigenvalue weighted by Crippen LogP contribution is 2.31. The number of hydrogen-bond acceptors (Lipinski definition) is 8. The van der Waals surface area contributed by atoms with Crippen molar-refractivity contribution in [3.8, 4) is 11.5 Å². The fraction of sp³-hybridized carbons (Fsp3) is 0.120. The minimum Gasteiger partial charge on any atom is -0.493 e. The molecule has 2 N–H and O–H groups in total. The lowest BCUT2D eigenvalue weighted by molar-refractivity contribution is -0.385. The van der Waals surface area contributed by atoms with Crippen molar-refractivity contribution in [3.63, 3.8) is 0 Å². The van der Waals surface area contributed by atoms with Crippen molar-refractivity contribution >= 4 is 34.9 Å². The lowest BCUT2D eigenvalue weighted by atomic mass is 10.1. The van der Waals surface area contributed by atoms with Gasteiger partial charge < -0.3 is 14.8 Å². The number of ether oxygens (including phenoxy) is 2. The zero-order valence-corrected chi connectivity index (χ0v) is 20.2. The summed E-state index contributed by atoms with van der Waals surface area (Å²) in [6.07, 6.45) is -4.63. The van der Waals surface area contributed by atoms with Crippen molar-refractivity contribution in [1.29, 1.82) is 0 Å². The number of carbonyl (C=O) groups excluding carboxylic acids is 3. The highest BCUT2D eigenvalue weighted by molar-refractivity contribution is 6.39. The molecule has 0 fully saturated rings. The molecule has 3 rings (SSSR count). The van der Waals surface area contributed by atoms with Crippen LogP contribution in [0.3, 0.4) is 0 Å². The third kappa shape index (κ3) is 7.15. The van der Waals surface area contributed by atoms with E-state index in [0.717, 1.165) is 18.2 Å². The molecule has 3 aromatic rings. The number of amides is 2. The Morgan fingerprint density at radius 2 is 1.67 bits per heavy atom. The smallest absolute Gasteiger partial charge is 0.416 e. The lowest BCUT2D eigenvalue weighted by Gasteiger charge is -2.11. The zero-order chi connectivity index (χ0) is 28.7. The van der Waals surface area contributed by atoms with Crippen molar-refractivity contribution in [2.75, 3.05) is 12.4 Å². The van der Waals surface area contributed by atoms with E-state index in [2.05, 4.69) is 10.4 Å². The fourth-order valence-corrected chi connectivity index (χ4v) is 3.15. The number of anilines is 1. The maximum absolute atomic E-state index is 12.8. The van der Waals surface area contributed by atoms with E-state index in [4.69, 9.17) is 9.47 Å². The molecule has 3 aromatic carbocycles. The molecule has 202 valence electrons. The van der Waals surface area contributed by atoms with Crippen molar-refractivity contribution in [2.45, 2.75) is 13.1 Å². The van der Waals surface area contributed by atoms with E-state index in [9.17, 15) is 37.7 Å². The Labute approximate surface area is 218 Å². The number of methoxy groups -OCH3 is 1. The monoisotopic (exact) mass is 544 g/mol. The van der Waals surface area contributed by atoms with Gasteiger partial charge in [0.1, 0.15) is 5.56 Å². The van der Waals surface area contributed by atoms with Crippen LogP contribution in [-0.2, 0) is 15.8 Å². The molecule has 11 nitrogen and oxygen atoms in total. The number of esters is 1. The minimum absolute atomic E-state index is 0.0540. The summed E-state index contributed by atoms with van der Waals surface area (Å²) in [5, 5.41) is 17.0. The van der Waals surface area contributed by atoms with Crippen molar-refractivity contribution in [1.82, 2.24) is 5.43 Å². The Hall–Kier alpha value is -5.27. The van der Waals surface area contributed by atoms with Crippen LogP contribution >= 0.6 is 0 Å². The number of hydrogen-bond donors (Lipinski definition) is 2. The molecular formula is C25H19F3N4O7. The number of nitro groups is 1. The predicted molar refractivity (Wildman–Crippen MR) is 131 cm³/mol. The number of nitro benzene ring substituents is 1. The predicted octanol–water partition coefficient (Wildman–Crippen LogP) is 4.32. The molecule has 0 bridgehead atoms. The van der Waals surface area contributed by atoms with E-state index < -0.39 is 40.1 Å². The topological polar surface area (TPSA) is 149 Å². The lowest BCUT2D eigenvalue weighted by Crippen LogP contribution is -2.33. The van der Waals surface area contributed by atoms with Crippen LogP contribution in [0.15, 0.2) is 71.8 Å². The van der Waals surface area contributed by atoms with Crippen LogP contribution in [0.2, 0.25) is 0 Å². The molecular weight excluding hydrogens is 525 g/mol. The maximum atomic E-state index is 12.8. The number of alkyl halides is 3. The van der Waals surface area contributed by atoms with Gasteiger partial charge in [0.05, 0.1) is 23.3 Å². The Morgan fingerprint density at radius 3 is 2.33 bits per heavy atom. The standard InChI is InChI=1S/C25H19F3N4O7/c1-14(30-31-23(34)22(33)29-17-7-5-6-16(13-17)25(26,27)28)15-10-11-20(21(12-15)38-2)39-24(35)18-8-3-4-9-19(18)32(36)37/h3-13H,1-2H3,(H,29,33)(H,31,34). The number of rotatable bonds is 7. The van der Waals surface area contributed by atoms with E-state index in [-0.39, 0.29) is 28.5 Å². The number of para-hydroxylation sites is 1. The summed E-state index contributed by atoms with van der Waals surface area (Å²) < 4.78 is 49.0. The van der Waals surface area contributed by atoms with Crippen molar-refractivity contribution < 1.29 is 42.0 Å². The third-order valence-corrected chi connectivity index (χ3v) is 5.08. The van der Waals surface area contributed by atoms with Gasteiger partial charge in [-0.3, -0.25) is 19.7 Å². The van der Waals surface area contributed by atoms with E-state index in [0.29, 0.717) is 11.6 Å².